The van der Waals surface area contributed by atoms with E-state index >= 15 is 0 Å². The van der Waals surface area contributed by atoms with Crippen LogP contribution in [0.2, 0.25) is 0 Å². The summed E-state index contributed by atoms with van der Waals surface area (Å²) in [5, 5.41) is 4.66. The van der Waals surface area contributed by atoms with Crippen LogP contribution in [0.15, 0.2) is 84.9 Å². The lowest BCUT2D eigenvalue weighted by Crippen LogP contribution is -2.14. The maximum atomic E-state index is 12.5. The number of hydrogen-bond donors (Lipinski definition) is 1. The van der Waals surface area contributed by atoms with Gasteiger partial charge in [-0.15, -0.1) is 0 Å². The van der Waals surface area contributed by atoms with E-state index in [9.17, 15) is 4.79 Å². The molecule has 6 nitrogen and oxygen atoms in total. The van der Waals surface area contributed by atoms with Crippen LogP contribution in [-0.2, 0) is 11.3 Å². The van der Waals surface area contributed by atoms with Crippen LogP contribution in [0.25, 0.3) is 11.3 Å². The fraction of sp³-hybridized carbons (Fsp3) is 0.120. The summed E-state index contributed by atoms with van der Waals surface area (Å²) >= 11 is 0. The number of nitrogens with zero attached hydrogens (tertiary/aromatic N) is 2. The van der Waals surface area contributed by atoms with Crippen LogP contribution in [0.5, 0.6) is 11.5 Å². The molecule has 4 rings (SSSR count). The predicted molar refractivity (Wildman–Crippen MR) is 120 cm³/mol. The number of esters is 1. The lowest BCUT2D eigenvalue weighted by atomic mass is 10.1. The van der Waals surface area contributed by atoms with Crippen LogP contribution in [0.3, 0.4) is 0 Å². The van der Waals surface area contributed by atoms with Gasteiger partial charge in [-0.25, -0.2) is 4.79 Å². The highest BCUT2D eigenvalue weighted by Crippen LogP contribution is 2.26. The number of carbonyl (C=O) groups excluding carboxylic acids is 1. The number of rotatable bonds is 7. The Hall–Kier alpha value is -4.06. The maximum Gasteiger partial charge on any atom is 0.356 e. The molecule has 1 heterocycles. The molecule has 0 aliphatic rings. The van der Waals surface area contributed by atoms with Gasteiger partial charge < -0.3 is 15.2 Å². The molecule has 6 heteroatoms. The molecule has 1 aromatic heterocycles. The Morgan fingerprint density at radius 1 is 0.935 bits per heavy atom. The number of ether oxygens (including phenoxy) is 2. The molecular formula is C25H23N3O3. The minimum atomic E-state index is -0.408. The molecule has 0 aliphatic carbocycles. The van der Waals surface area contributed by atoms with Gasteiger partial charge in [-0.2, -0.15) is 5.10 Å². The number of nitrogens with two attached hydrogens (primary N) is 1. The van der Waals surface area contributed by atoms with Crippen molar-refractivity contribution in [3.8, 4) is 22.8 Å². The van der Waals surface area contributed by atoms with Crippen LogP contribution in [0, 0.1) is 0 Å². The van der Waals surface area contributed by atoms with Gasteiger partial charge in [0.2, 0.25) is 0 Å². The molecule has 0 saturated heterocycles. The van der Waals surface area contributed by atoms with Crippen molar-refractivity contribution < 1.29 is 14.3 Å². The van der Waals surface area contributed by atoms with Gasteiger partial charge in [-0.3, -0.25) is 4.68 Å². The maximum absolute atomic E-state index is 12.5. The Labute approximate surface area is 180 Å². The second-order valence-electron chi connectivity index (χ2n) is 6.98. The first-order valence-electron chi connectivity index (χ1n) is 10.0. The van der Waals surface area contributed by atoms with Gasteiger partial charge in [0.05, 0.1) is 18.8 Å². The van der Waals surface area contributed by atoms with E-state index in [1.807, 2.05) is 78.9 Å². The Morgan fingerprint density at radius 2 is 1.68 bits per heavy atom. The van der Waals surface area contributed by atoms with Crippen molar-refractivity contribution in [2.45, 2.75) is 13.5 Å². The monoisotopic (exact) mass is 413 g/mol. The molecule has 0 bridgehead atoms. The minimum Gasteiger partial charge on any atom is -0.461 e. The van der Waals surface area contributed by atoms with Crippen molar-refractivity contribution in [1.82, 2.24) is 9.78 Å². The summed E-state index contributed by atoms with van der Waals surface area (Å²) in [6, 6.07) is 26.4. The zero-order valence-electron chi connectivity index (χ0n) is 17.2. The SMILES string of the molecule is CCOC(=O)c1cc(-c2ccc(Oc3ccccc3)cc2)nn1Cc1cccc(N)c1. The Kier molecular flexibility index (Phi) is 5.98. The molecule has 3 aromatic carbocycles. The van der Waals surface area contributed by atoms with Crippen LogP contribution >= 0.6 is 0 Å². The van der Waals surface area contributed by atoms with Crippen LogP contribution in [0.1, 0.15) is 23.0 Å². The normalized spacial score (nSPS) is 10.6. The van der Waals surface area contributed by atoms with E-state index in [1.165, 1.54) is 0 Å². The quantitative estimate of drug-likeness (QED) is 0.335. The molecule has 0 amide bonds. The van der Waals surface area contributed by atoms with Crippen molar-refractivity contribution >= 4 is 11.7 Å². The molecule has 0 fully saturated rings. The van der Waals surface area contributed by atoms with Gasteiger partial charge in [-0.1, -0.05) is 30.3 Å². The minimum absolute atomic E-state index is 0.295. The summed E-state index contributed by atoms with van der Waals surface area (Å²) in [6.07, 6.45) is 0. The summed E-state index contributed by atoms with van der Waals surface area (Å²) < 4.78 is 12.7. The molecule has 31 heavy (non-hydrogen) atoms. The molecule has 0 atom stereocenters. The van der Waals surface area contributed by atoms with Gasteiger partial charge in [0.15, 0.2) is 0 Å². The lowest BCUT2D eigenvalue weighted by molar-refractivity contribution is 0.0512. The summed E-state index contributed by atoms with van der Waals surface area (Å²) in [5.41, 5.74) is 9.45. The average molecular weight is 413 g/mol. The first-order valence-corrected chi connectivity index (χ1v) is 10.0. The summed E-state index contributed by atoms with van der Waals surface area (Å²) in [7, 11) is 0. The third kappa shape index (κ3) is 4.93. The van der Waals surface area contributed by atoms with Crippen molar-refractivity contribution in [1.29, 1.82) is 0 Å². The highest BCUT2D eigenvalue weighted by molar-refractivity contribution is 5.89. The molecule has 0 aliphatic heterocycles. The molecule has 0 saturated carbocycles. The number of hydrogen-bond acceptors (Lipinski definition) is 5. The number of carbonyl (C=O) groups is 1. The first-order chi connectivity index (χ1) is 15.1. The third-order valence-corrected chi connectivity index (χ3v) is 4.68. The highest BCUT2D eigenvalue weighted by Gasteiger charge is 2.18. The highest BCUT2D eigenvalue weighted by atomic mass is 16.5. The summed E-state index contributed by atoms with van der Waals surface area (Å²) in [6.45, 7) is 2.49. The van der Waals surface area contributed by atoms with E-state index < -0.39 is 5.97 Å². The zero-order valence-corrected chi connectivity index (χ0v) is 17.2. The first kappa shape index (κ1) is 20.2. The molecule has 2 N–H and O–H groups in total. The predicted octanol–water partition coefficient (Wildman–Crippen LogP) is 5.15. The number of aromatic nitrogens is 2. The van der Waals surface area contributed by atoms with Crippen molar-refractivity contribution in [2.75, 3.05) is 12.3 Å². The van der Waals surface area contributed by atoms with E-state index in [4.69, 9.17) is 15.2 Å². The summed E-state index contributed by atoms with van der Waals surface area (Å²) in [5.74, 6) is 1.08. The largest absolute Gasteiger partial charge is 0.461 e. The van der Waals surface area contributed by atoms with E-state index in [1.54, 1.807) is 17.7 Å². The van der Waals surface area contributed by atoms with Crippen molar-refractivity contribution in [3.05, 3.63) is 96.2 Å². The molecule has 156 valence electrons. The second kappa shape index (κ2) is 9.17. The van der Waals surface area contributed by atoms with E-state index in [2.05, 4.69) is 5.10 Å². The molecular weight excluding hydrogens is 390 g/mol. The molecule has 0 radical (unpaired) electrons. The number of para-hydroxylation sites is 1. The van der Waals surface area contributed by atoms with Gasteiger partial charge >= 0.3 is 5.97 Å². The van der Waals surface area contributed by atoms with E-state index in [0.29, 0.717) is 30.2 Å². The van der Waals surface area contributed by atoms with Gasteiger partial charge in [0.1, 0.15) is 17.2 Å². The smallest absolute Gasteiger partial charge is 0.356 e. The van der Waals surface area contributed by atoms with Crippen LogP contribution in [-0.4, -0.2) is 22.4 Å². The topological polar surface area (TPSA) is 79.4 Å². The molecule has 0 spiro atoms. The van der Waals surface area contributed by atoms with E-state index in [-0.39, 0.29) is 0 Å². The van der Waals surface area contributed by atoms with Crippen LogP contribution < -0.4 is 10.5 Å². The Morgan fingerprint density at radius 3 is 2.39 bits per heavy atom. The number of benzene rings is 3. The summed E-state index contributed by atoms with van der Waals surface area (Å²) in [4.78, 5) is 12.5. The zero-order chi connectivity index (χ0) is 21.6. The molecule has 4 aromatic rings. The Bertz CT molecular complexity index is 1170. The van der Waals surface area contributed by atoms with Crippen molar-refractivity contribution in [2.24, 2.45) is 0 Å². The van der Waals surface area contributed by atoms with Crippen LogP contribution in [0.4, 0.5) is 5.69 Å². The third-order valence-electron chi connectivity index (χ3n) is 4.68. The van der Waals surface area contributed by atoms with Crippen molar-refractivity contribution in [3.63, 3.8) is 0 Å². The fourth-order valence-corrected chi connectivity index (χ4v) is 3.23. The Balaban J connectivity index is 1.61. The number of anilines is 1. The van der Waals surface area contributed by atoms with Gasteiger partial charge in [0, 0.05) is 11.3 Å². The second-order valence-corrected chi connectivity index (χ2v) is 6.98. The van der Waals surface area contributed by atoms with E-state index in [0.717, 1.165) is 22.6 Å². The van der Waals surface area contributed by atoms with Gasteiger partial charge in [0.25, 0.3) is 0 Å². The lowest BCUT2D eigenvalue weighted by Gasteiger charge is -2.07. The average Bonchev–Trinajstić information content (AvgIpc) is 3.19. The standard InChI is InChI=1S/C25H23N3O3/c1-2-30-25(29)24-16-23(27-28(24)17-18-7-6-8-20(26)15-18)19-11-13-22(14-12-19)31-21-9-4-3-5-10-21/h3-16H,2,17,26H2,1H3. The number of nitrogen functional groups attached to an aromatic ring is 1. The van der Waals surface area contributed by atoms with Gasteiger partial charge in [-0.05, 0) is 67.1 Å². The fourth-order valence-electron chi connectivity index (χ4n) is 3.23. The molecule has 0 unspecified atom stereocenters.